The number of aliphatic hydroxyl groups excluding tert-OH is 1. The van der Waals surface area contributed by atoms with E-state index in [9.17, 15) is 9.90 Å². The molecule has 0 spiro atoms. The lowest BCUT2D eigenvalue weighted by Gasteiger charge is -2.14. The van der Waals surface area contributed by atoms with Gasteiger partial charge in [0.25, 0.3) is 0 Å². The van der Waals surface area contributed by atoms with E-state index in [2.05, 4.69) is 5.32 Å². The van der Waals surface area contributed by atoms with Crippen LogP contribution in [0.15, 0.2) is 41.0 Å². The predicted molar refractivity (Wildman–Crippen MR) is 76.8 cm³/mol. The van der Waals surface area contributed by atoms with Gasteiger partial charge in [0.1, 0.15) is 11.8 Å². The van der Waals surface area contributed by atoms with Gasteiger partial charge in [0.2, 0.25) is 5.91 Å². The van der Waals surface area contributed by atoms with Gasteiger partial charge in [0.15, 0.2) is 0 Å². The molecular formula is C14H13Cl2NO3. The molecule has 1 aromatic heterocycles. The maximum absolute atomic E-state index is 11.9. The summed E-state index contributed by atoms with van der Waals surface area (Å²) in [6, 6.07) is 7.85. The predicted octanol–water partition coefficient (Wildman–Crippen LogP) is 2.98. The molecule has 0 fully saturated rings. The van der Waals surface area contributed by atoms with Crippen LogP contribution in [0.5, 0.6) is 0 Å². The number of hydrogen-bond donors (Lipinski definition) is 2. The Labute approximate surface area is 126 Å². The molecule has 0 aliphatic rings. The van der Waals surface area contributed by atoms with E-state index in [4.69, 9.17) is 27.6 Å². The zero-order chi connectivity index (χ0) is 14.5. The van der Waals surface area contributed by atoms with Crippen LogP contribution < -0.4 is 5.32 Å². The first kappa shape index (κ1) is 14.9. The number of halogens is 2. The molecule has 0 aliphatic heterocycles. The number of aliphatic hydroxyl groups is 1. The summed E-state index contributed by atoms with van der Waals surface area (Å²) in [6.07, 6.45) is 1.64. The van der Waals surface area contributed by atoms with E-state index in [1.807, 2.05) is 0 Å². The lowest BCUT2D eigenvalue weighted by atomic mass is 10.1. The third-order valence-corrected chi connectivity index (χ3v) is 3.49. The van der Waals surface area contributed by atoms with Gasteiger partial charge in [0, 0.05) is 0 Å². The molecule has 2 N–H and O–H groups in total. The standard InChI is InChI=1S/C14H13Cl2NO3/c15-10-4-3-9(6-11(10)16)7-14(19)17-12(8-18)13-2-1-5-20-13/h1-6,12,18H,7-8H2,(H,17,19). The molecule has 106 valence electrons. The van der Waals surface area contributed by atoms with Crippen molar-refractivity contribution in [1.29, 1.82) is 0 Å². The van der Waals surface area contributed by atoms with Crippen LogP contribution in [0.3, 0.4) is 0 Å². The summed E-state index contributed by atoms with van der Waals surface area (Å²) in [5.74, 6) is 0.272. The number of hydrogen-bond acceptors (Lipinski definition) is 3. The number of carbonyl (C=O) groups is 1. The minimum Gasteiger partial charge on any atom is -0.467 e. The first-order valence-corrected chi connectivity index (χ1v) is 6.73. The van der Waals surface area contributed by atoms with E-state index >= 15 is 0 Å². The molecule has 1 amide bonds. The Morgan fingerprint density at radius 3 is 2.70 bits per heavy atom. The molecule has 6 heteroatoms. The Balaban J connectivity index is 1.99. The third-order valence-electron chi connectivity index (χ3n) is 2.75. The molecule has 1 unspecified atom stereocenters. The van der Waals surface area contributed by atoms with Gasteiger partial charge in [-0.05, 0) is 29.8 Å². The first-order chi connectivity index (χ1) is 9.60. The fourth-order valence-corrected chi connectivity index (χ4v) is 2.10. The SMILES string of the molecule is O=C(Cc1ccc(Cl)c(Cl)c1)NC(CO)c1ccco1. The average molecular weight is 314 g/mol. The van der Waals surface area contributed by atoms with Crippen molar-refractivity contribution in [1.82, 2.24) is 5.32 Å². The van der Waals surface area contributed by atoms with Gasteiger partial charge < -0.3 is 14.8 Å². The van der Waals surface area contributed by atoms with Gasteiger partial charge in [-0.2, -0.15) is 0 Å². The lowest BCUT2D eigenvalue weighted by Crippen LogP contribution is -2.31. The van der Waals surface area contributed by atoms with E-state index in [0.717, 1.165) is 5.56 Å². The first-order valence-electron chi connectivity index (χ1n) is 5.97. The average Bonchev–Trinajstić information content (AvgIpc) is 2.94. The van der Waals surface area contributed by atoms with Crippen LogP contribution in [-0.2, 0) is 11.2 Å². The molecule has 4 nitrogen and oxygen atoms in total. The van der Waals surface area contributed by atoms with Crippen LogP contribution in [0.2, 0.25) is 10.0 Å². The Bertz CT molecular complexity index is 584. The van der Waals surface area contributed by atoms with E-state index < -0.39 is 6.04 Å². The van der Waals surface area contributed by atoms with E-state index in [-0.39, 0.29) is 18.9 Å². The second-order valence-corrected chi connectivity index (χ2v) is 5.06. The van der Waals surface area contributed by atoms with Crippen LogP contribution in [-0.4, -0.2) is 17.6 Å². The maximum Gasteiger partial charge on any atom is 0.225 e. The zero-order valence-electron chi connectivity index (χ0n) is 10.5. The smallest absolute Gasteiger partial charge is 0.225 e. The van der Waals surface area contributed by atoms with E-state index in [1.165, 1.54) is 6.26 Å². The van der Waals surface area contributed by atoms with Crippen LogP contribution in [0.4, 0.5) is 0 Å². The van der Waals surface area contributed by atoms with Crippen LogP contribution in [0.25, 0.3) is 0 Å². The minimum atomic E-state index is -0.555. The highest BCUT2D eigenvalue weighted by Gasteiger charge is 2.16. The van der Waals surface area contributed by atoms with Crippen molar-refractivity contribution in [3.8, 4) is 0 Å². The fourth-order valence-electron chi connectivity index (χ4n) is 1.78. The normalized spacial score (nSPS) is 12.2. The highest BCUT2D eigenvalue weighted by atomic mass is 35.5. The van der Waals surface area contributed by atoms with Crippen molar-refractivity contribution in [3.05, 3.63) is 58.0 Å². The Hall–Kier alpha value is -1.49. The molecule has 0 saturated carbocycles. The molecule has 1 heterocycles. The number of benzene rings is 1. The summed E-state index contributed by atoms with van der Waals surface area (Å²) in [6.45, 7) is -0.235. The monoisotopic (exact) mass is 313 g/mol. The van der Waals surface area contributed by atoms with Gasteiger partial charge in [-0.1, -0.05) is 29.3 Å². The second kappa shape index (κ2) is 6.79. The summed E-state index contributed by atoms with van der Waals surface area (Å²) in [5, 5.41) is 12.8. The van der Waals surface area contributed by atoms with Crippen LogP contribution in [0, 0.1) is 0 Å². The summed E-state index contributed by atoms with van der Waals surface area (Å²) < 4.78 is 5.16. The third kappa shape index (κ3) is 3.76. The zero-order valence-corrected chi connectivity index (χ0v) is 12.0. The van der Waals surface area contributed by atoms with Gasteiger partial charge in [-0.15, -0.1) is 0 Å². The quantitative estimate of drug-likeness (QED) is 0.892. The largest absolute Gasteiger partial charge is 0.467 e. The number of furan rings is 1. The van der Waals surface area contributed by atoms with Crippen molar-refractivity contribution in [3.63, 3.8) is 0 Å². The summed E-state index contributed by atoms with van der Waals surface area (Å²) in [5.41, 5.74) is 0.744. The lowest BCUT2D eigenvalue weighted by molar-refractivity contribution is -0.121. The molecule has 2 aromatic rings. The minimum absolute atomic E-state index is 0.147. The van der Waals surface area contributed by atoms with E-state index in [0.29, 0.717) is 15.8 Å². The number of amides is 1. The Kier molecular flexibility index (Phi) is 5.06. The van der Waals surface area contributed by atoms with Crippen molar-refractivity contribution >= 4 is 29.1 Å². The van der Waals surface area contributed by atoms with Crippen LogP contribution >= 0.6 is 23.2 Å². The Morgan fingerprint density at radius 1 is 1.30 bits per heavy atom. The van der Waals surface area contributed by atoms with Crippen LogP contribution in [0.1, 0.15) is 17.4 Å². The molecule has 20 heavy (non-hydrogen) atoms. The number of nitrogens with one attached hydrogen (secondary N) is 1. The fraction of sp³-hybridized carbons (Fsp3) is 0.214. The Morgan fingerprint density at radius 2 is 2.10 bits per heavy atom. The number of carbonyl (C=O) groups excluding carboxylic acids is 1. The molecule has 1 aromatic carbocycles. The highest BCUT2D eigenvalue weighted by molar-refractivity contribution is 6.42. The molecule has 1 atom stereocenters. The van der Waals surface area contributed by atoms with Crippen molar-refractivity contribution in [2.75, 3.05) is 6.61 Å². The second-order valence-electron chi connectivity index (χ2n) is 4.24. The van der Waals surface area contributed by atoms with Crippen molar-refractivity contribution < 1.29 is 14.3 Å². The summed E-state index contributed by atoms with van der Waals surface area (Å²) >= 11 is 11.7. The van der Waals surface area contributed by atoms with Crippen molar-refractivity contribution in [2.45, 2.75) is 12.5 Å². The molecule has 0 aliphatic carbocycles. The molecule has 0 radical (unpaired) electrons. The topological polar surface area (TPSA) is 62.5 Å². The van der Waals surface area contributed by atoms with Gasteiger partial charge in [-0.25, -0.2) is 0 Å². The highest BCUT2D eigenvalue weighted by Crippen LogP contribution is 2.23. The van der Waals surface area contributed by atoms with E-state index in [1.54, 1.807) is 30.3 Å². The molecule has 0 bridgehead atoms. The number of rotatable bonds is 5. The van der Waals surface area contributed by atoms with Gasteiger partial charge >= 0.3 is 0 Å². The van der Waals surface area contributed by atoms with Gasteiger partial charge in [-0.3, -0.25) is 4.79 Å². The summed E-state index contributed by atoms with van der Waals surface area (Å²) in [7, 11) is 0. The van der Waals surface area contributed by atoms with Gasteiger partial charge in [0.05, 0.1) is 29.3 Å². The molecule has 2 rings (SSSR count). The maximum atomic E-state index is 11.9. The van der Waals surface area contributed by atoms with Crippen molar-refractivity contribution in [2.24, 2.45) is 0 Å². The molecule has 0 saturated heterocycles. The molecular weight excluding hydrogens is 301 g/mol. The summed E-state index contributed by atoms with van der Waals surface area (Å²) in [4.78, 5) is 11.9.